The van der Waals surface area contributed by atoms with Gasteiger partial charge in [0.05, 0.1) is 0 Å². The minimum atomic E-state index is 0.276. The van der Waals surface area contributed by atoms with Crippen LogP contribution in [0.15, 0.2) is 23.1 Å². The highest BCUT2D eigenvalue weighted by Crippen LogP contribution is 2.24. The fraction of sp³-hybridized carbons (Fsp3) is 0.571. The summed E-state index contributed by atoms with van der Waals surface area (Å²) in [4.78, 5) is 1.33. The number of rotatable bonds is 7. The van der Waals surface area contributed by atoms with E-state index in [1.165, 1.54) is 16.0 Å². The second kappa shape index (κ2) is 7.75. The minimum absolute atomic E-state index is 0.276. The summed E-state index contributed by atoms with van der Waals surface area (Å²) in [7, 11) is 0. The zero-order chi connectivity index (χ0) is 12.7. The lowest BCUT2D eigenvalue weighted by Crippen LogP contribution is -2.22. The van der Waals surface area contributed by atoms with Crippen LogP contribution in [0.1, 0.15) is 31.4 Å². The molecule has 0 bridgehead atoms. The van der Waals surface area contributed by atoms with E-state index >= 15 is 0 Å². The van der Waals surface area contributed by atoms with Gasteiger partial charge in [-0.2, -0.15) is 0 Å². The lowest BCUT2D eigenvalue weighted by atomic mass is 10.1. The molecule has 2 N–H and O–H groups in total. The molecule has 0 aromatic heterocycles. The molecule has 0 aliphatic rings. The van der Waals surface area contributed by atoms with Crippen LogP contribution >= 0.6 is 11.8 Å². The van der Waals surface area contributed by atoms with Crippen molar-refractivity contribution in [3.8, 4) is 0 Å². The summed E-state index contributed by atoms with van der Waals surface area (Å²) in [6.45, 7) is 7.64. The zero-order valence-corrected chi connectivity index (χ0v) is 11.8. The van der Waals surface area contributed by atoms with Gasteiger partial charge in [-0.15, -0.1) is 11.8 Å². The third-order valence-corrected chi connectivity index (χ3v) is 3.68. The van der Waals surface area contributed by atoms with Crippen LogP contribution in [0.25, 0.3) is 0 Å². The molecule has 96 valence electrons. The lowest BCUT2D eigenvalue weighted by molar-refractivity contribution is 0.296. The molecular weight excluding hydrogens is 230 g/mol. The highest BCUT2D eigenvalue weighted by atomic mass is 32.2. The van der Waals surface area contributed by atoms with Crippen LogP contribution in [0, 0.1) is 6.92 Å². The number of aliphatic hydroxyl groups is 1. The van der Waals surface area contributed by atoms with Crippen LogP contribution in [-0.2, 0) is 6.54 Å². The van der Waals surface area contributed by atoms with Gasteiger partial charge in [-0.1, -0.05) is 31.5 Å². The summed E-state index contributed by atoms with van der Waals surface area (Å²) in [6, 6.07) is 7.09. The van der Waals surface area contributed by atoms with E-state index in [1.807, 2.05) is 11.8 Å². The van der Waals surface area contributed by atoms with Gasteiger partial charge in [0.15, 0.2) is 0 Å². The average Bonchev–Trinajstić information content (AvgIpc) is 2.29. The van der Waals surface area contributed by atoms with E-state index in [1.54, 1.807) is 0 Å². The molecule has 0 atom stereocenters. The van der Waals surface area contributed by atoms with Gasteiger partial charge in [-0.05, 0) is 25.0 Å². The summed E-state index contributed by atoms with van der Waals surface area (Å²) < 4.78 is 0. The Morgan fingerprint density at radius 1 is 1.35 bits per heavy atom. The Hall–Kier alpha value is -0.510. The minimum Gasteiger partial charge on any atom is -0.396 e. The highest BCUT2D eigenvalue weighted by molar-refractivity contribution is 7.99. The summed E-state index contributed by atoms with van der Waals surface area (Å²) >= 11 is 1.83. The van der Waals surface area contributed by atoms with E-state index in [-0.39, 0.29) is 6.61 Å². The summed E-state index contributed by atoms with van der Waals surface area (Å²) in [5, 5.41) is 12.3. The van der Waals surface area contributed by atoms with Crippen LogP contribution < -0.4 is 5.32 Å². The van der Waals surface area contributed by atoms with Crippen molar-refractivity contribution < 1.29 is 5.11 Å². The Balaban J connectivity index is 2.66. The largest absolute Gasteiger partial charge is 0.396 e. The number of nitrogens with one attached hydrogen (secondary N) is 1. The SMILES string of the molecule is Cc1ccc(SCCCO)c(CNC(C)C)c1. The van der Waals surface area contributed by atoms with Crippen molar-refractivity contribution in [2.75, 3.05) is 12.4 Å². The molecule has 1 aromatic rings. The van der Waals surface area contributed by atoms with Crippen LogP contribution in [0.3, 0.4) is 0 Å². The molecule has 2 nitrogen and oxygen atoms in total. The van der Waals surface area contributed by atoms with Crippen molar-refractivity contribution in [2.45, 2.75) is 44.7 Å². The van der Waals surface area contributed by atoms with E-state index in [0.29, 0.717) is 6.04 Å². The average molecular weight is 253 g/mol. The first-order valence-corrected chi connectivity index (χ1v) is 7.18. The van der Waals surface area contributed by atoms with E-state index in [9.17, 15) is 0 Å². The molecule has 0 saturated carbocycles. The molecule has 0 amide bonds. The van der Waals surface area contributed by atoms with E-state index in [0.717, 1.165) is 18.7 Å². The fourth-order valence-corrected chi connectivity index (χ4v) is 2.52. The Bertz CT molecular complexity index is 339. The van der Waals surface area contributed by atoms with Crippen molar-refractivity contribution in [3.63, 3.8) is 0 Å². The van der Waals surface area contributed by atoms with Crippen LogP contribution in [0.5, 0.6) is 0 Å². The van der Waals surface area contributed by atoms with Crippen molar-refractivity contribution in [1.29, 1.82) is 0 Å². The molecule has 0 saturated heterocycles. The first-order chi connectivity index (χ1) is 8.13. The predicted octanol–water partition coefficient (Wildman–Crippen LogP) is 2.97. The Kier molecular flexibility index (Phi) is 6.63. The van der Waals surface area contributed by atoms with Gasteiger partial charge < -0.3 is 10.4 Å². The summed E-state index contributed by atoms with van der Waals surface area (Å²) in [6.07, 6.45) is 0.857. The van der Waals surface area contributed by atoms with Crippen molar-refractivity contribution in [1.82, 2.24) is 5.32 Å². The van der Waals surface area contributed by atoms with Gasteiger partial charge in [0, 0.05) is 29.8 Å². The molecule has 0 aliphatic heterocycles. The van der Waals surface area contributed by atoms with Crippen molar-refractivity contribution >= 4 is 11.8 Å². The first kappa shape index (κ1) is 14.6. The van der Waals surface area contributed by atoms with Gasteiger partial charge >= 0.3 is 0 Å². The first-order valence-electron chi connectivity index (χ1n) is 6.20. The van der Waals surface area contributed by atoms with Crippen LogP contribution in [-0.4, -0.2) is 23.5 Å². The molecule has 0 fully saturated rings. The third-order valence-electron chi connectivity index (χ3n) is 2.48. The molecule has 0 aliphatic carbocycles. The van der Waals surface area contributed by atoms with E-state index in [2.05, 4.69) is 44.3 Å². The molecule has 3 heteroatoms. The Morgan fingerprint density at radius 2 is 2.12 bits per heavy atom. The fourth-order valence-electron chi connectivity index (χ4n) is 1.55. The molecule has 0 heterocycles. The molecule has 17 heavy (non-hydrogen) atoms. The van der Waals surface area contributed by atoms with Gasteiger partial charge in [0.1, 0.15) is 0 Å². The molecule has 1 rings (SSSR count). The lowest BCUT2D eigenvalue weighted by Gasteiger charge is -2.13. The van der Waals surface area contributed by atoms with Gasteiger partial charge in [0.2, 0.25) is 0 Å². The van der Waals surface area contributed by atoms with Gasteiger partial charge in [-0.3, -0.25) is 0 Å². The van der Waals surface area contributed by atoms with Crippen LogP contribution in [0.4, 0.5) is 0 Å². The molecular formula is C14H23NOS. The Morgan fingerprint density at radius 3 is 2.76 bits per heavy atom. The number of hydrogen-bond acceptors (Lipinski definition) is 3. The summed E-state index contributed by atoms with van der Waals surface area (Å²) in [5.41, 5.74) is 2.67. The highest BCUT2D eigenvalue weighted by Gasteiger charge is 2.04. The topological polar surface area (TPSA) is 32.3 Å². The van der Waals surface area contributed by atoms with E-state index < -0.39 is 0 Å². The maximum absolute atomic E-state index is 8.81. The molecule has 0 spiro atoms. The number of hydrogen-bond donors (Lipinski definition) is 2. The number of benzene rings is 1. The molecule has 0 radical (unpaired) electrons. The third kappa shape index (κ3) is 5.57. The molecule has 1 aromatic carbocycles. The maximum atomic E-state index is 8.81. The van der Waals surface area contributed by atoms with Crippen LogP contribution in [0.2, 0.25) is 0 Å². The van der Waals surface area contributed by atoms with E-state index in [4.69, 9.17) is 5.11 Å². The normalized spacial score (nSPS) is 11.1. The predicted molar refractivity (Wildman–Crippen MR) is 75.6 cm³/mol. The smallest absolute Gasteiger partial charge is 0.0439 e. The Labute approximate surface area is 109 Å². The van der Waals surface area contributed by atoms with Gasteiger partial charge in [0.25, 0.3) is 0 Å². The quantitative estimate of drug-likeness (QED) is 0.579. The number of aliphatic hydroxyl groups excluding tert-OH is 1. The van der Waals surface area contributed by atoms with Crippen molar-refractivity contribution in [3.05, 3.63) is 29.3 Å². The monoisotopic (exact) mass is 253 g/mol. The van der Waals surface area contributed by atoms with Crippen molar-refractivity contribution in [2.24, 2.45) is 0 Å². The van der Waals surface area contributed by atoms with Gasteiger partial charge in [-0.25, -0.2) is 0 Å². The zero-order valence-electron chi connectivity index (χ0n) is 11.0. The maximum Gasteiger partial charge on any atom is 0.0439 e. The standard InChI is InChI=1S/C14H23NOS/c1-11(2)15-10-13-9-12(3)5-6-14(13)17-8-4-7-16/h5-6,9,11,15-16H,4,7-8,10H2,1-3H3. The number of aryl methyl sites for hydroxylation is 1. The number of thioether (sulfide) groups is 1. The second-order valence-electron chi connectivity index (χ2n) is 4.57. The second-order valence-corrected chi connectivity index (χ2v) is 5.71. The summed E-state index contributed by atoms with van der Waals surface area (Å²) in [5.74, 6) is 0.980. The molecule has 0 unspecified atom stereocenters.